The molecule has 0 bridgehead atoms. The van der Waals surface area contributed by atoms with Gasteiger partial charge in [0.1, 0.15) is 5.75 Å². The number of carbonyl (C=O) groups is 4. The summed E-state index contributed by atoms with van der Waals surface area (Å²) in [6.45, 7) is 0.547. The van der Waals surface area contributed by atoms with Crippen LogP contribution in [0, 0.1) is 0 Å². The molecule has 62 heavy (non-hydrogen) atoms. The highest BCUT2D eigenvalue weighted by molar-refractivity contribution is 5.98. The lowest BCUT2D eigenvalue weighted by Crippen LogP contribution is -2.27. The van der Waals surface area contributed by atoms with E-state index in [0.717, 1.165) is 37.0 Å². The van der Waals surface area contributed by atoms with Gasteiger partial charge in [0.25, 0.3) is 17.7 Å². The smallest absolute Gasteiger partial charge is 0.374 e. The van der Waals surface area contributed by atoms with Crippen molar-refractivity contribution in [3.63, 3.8) is 0 Å². The van der Waals surface area contributed by atoms with Crippen LogP contribution in [-0.2, 0) is 6.54 Å². The van der Waals surface area contributed by atoms with E-state index in [1.165, 1.54) is 47.1 Å². The van der Waals surface area contributed by atoms with Crippen LogP contribution in [0.15, 0.2) is 82.3 Å². The minimum Gasteiger partial charge on any atom is -0.497 e. The van der Waals surface area contributed by atoms with Crippen LogP contribution in [0.3, 0.4) is 0 Å². The maximum atomic E-state index is 12.8. The Labute approximate surface area is 352 Å². The van der Waals surface area contributed by atoms with Crippen LogP contribution >= 0.6 is 0 Å². The third-order valence-corrected chi connectivity index (χ3v) is 9.95. The Bertz CT molecular complexity index is 2780. The van der Waals surface area contributed by atoms with E-state index in [1.807, 2.05) is 36.2 Å². The van der Waals surface area contributed by atoms with Crippen molar-refractivity contribution in [3.8, 4) is 5.75 Å². The molecule has 0 radical (unpaired) electrons. The van der Waals surface area contributed by atoms with Crippen LogP contribution in [-0.4, -0.2) is 98.3 Å². The summed E-state index contributed by atoms with van der Waals surface area (Å²) >= 11 is 0. The fourth-order valence-electron chi connectivity index (χ4n) is 6.43. The molecule has 0 unspecified atom stereocenters. The molecule has 2 saturated carbocycles. The lowest BCUT2D eigenvalue weighted by Gasteiger charge is -2.21. The number of anilines is 6. The lowest BCUT2D eigenvalue weighted by molar-refractivity contribution is 0.0663. The number of hydrogen-bond donors (Lipinski definition) is 7. The number of fused-ring (bicyclic) bond motifs is 2. The maximum Gasteiger partial charge on any atom is 0.374 e. The Kier molecular flexibility index (Phi) is 11.3. The summed E-state index contributed by atoms with van der Waals surface area (Å²) in [6.07, 6.45) is 9.59. The van der Waals surface area contributed by atoms with Gasteiger partial charge in [-0.05, 0) is 43.4 Å². The number of carboxylic acids is 1. The van der Waals surface area contributed by atoms with Gasteiger partial charge in [-0.3, -0.25) is 14.4 Å². The molecule has 6 aromatic heterocycles. The summed E-state index contributed by atoms with van der Waals surface area (Å²) in [5, 5.41) is 35.9. The average molecular weight is 846 g/mol. The average Bonchev–Trinajstić information content (AvgIpc) is 4.00. The molecule has 320 valence electrons. The Balaban J connectivity index is 0.000000176. The predicted molar refractivity (Wildman–Crippen MR) is 226 cm³/mol. The minimum absolute atomic E-state index is 0.141. The monoisotopic (exact) mass is 845 g/mol. The number of ether oxygens (including phenoxy) is 1. The first-order valence-electron chi connectivity index (χ1n) is 19.6. The van der Waals surface area contributed by atoms with Gasteiger partial charge in [0.2, 0.25) is 11.5 Å². The van der Waals surface area contributed by atoms with Gasteiger partial charge in [-0.15, -0.1) is 10.2 Å². The van der Waals surface area contributed by atoms with Gasteiger partial charge in [-0.25, -0.2) is 23.8 Å². The Morgan fingerprint density at radius 2 is 1.31 bits per heavy atom. The summed E-state index contributed by atoms with van der Waals surface area (Å²) in [5.41, 5.74) is 4.80. The normalized spacial score (nSPS) is 13.2. The van der Waals surface area contributed by atoms with Crippen LogP contribution in [0.1, 0.15) is 73.3 Å². The molecule has 21 nitrogen and oxygen atoms in total. The zero-order valence-electron chi connectivity index (χ0n) is 34.1. The SMILES string of the molecule is CNC(=O)c1occc1Nc1cc(NC)c2ncc(C(=O)NC3CC3)n2n1.COc1ccc(CN(C)c2cc(Nc3ccoc3C(=O)O)nn3c(C(=O)NC4CC4)cnc23)cc1. The van der Waals surface area contributed by atoms with Crippen molar-refractivity contribution in [1.29, 1.82) is 0 Å². The summed E-state index contributed by atoms with van der Waals surface area (Å²) < 4.78 is 18.5. The first-order valence-corrected chi connectivity index (χ1v) is 19.6. The second-order valence-electron chi connectivity index (χ2n) is 14.5. The topological polar surface area (TPSA) is 260 Å². The molecule has 0 spiro atoms. The number of nitrogens with zero attached hydrogens (tertiary/aromatic N) is 7. The molecule has 7 aromatic rings. The highest BCUT2D eigenvalue weighted by Gasteiger charge is 2.28. The molecule has 0 atom stereocenters. The van der Waals surface area contributed by atoms with Gasteiger partial charge >= 0.3 is 5.97 Å². The van der Waals surface area contributed by atoms with E-state index in [0.29, 0.717) is 57.9 Å². The van der Waals surface area contributed by atoms with Crippen molar-refractivity contribution in [3.05, 3.63) is 102 Å². The highest BCUT2D eigenvalue weighted by atomic mass is 16.5. The number of carboxylic acid groups (broad SMARTS) is 1. The third-order valence-electron chi connectivity index (χ3n) is 9.95. The molecular formula is C41H43N13O8. The zero-order chi connectivity index (χ0) is 43.5. The van der Waals surface area contributed by atoms with Crippen LogP contribution in [0.4, 0.5) is 34.4 Å². The molecular weight excluding hydrogens is 803 g/mol. The Hall–Kier alpha value is -8.10. The summed E-state index contributed by atoms with van der Waals surface area (Å²) in [6, 6.07) is 14.8. The van der Waals surface area contributed by atoms with E-state index in [-0.39, 0.29) is 47.0 Å². The van der Waals surface area contributed by atoms with Crippen molar-refractivity contribution >= 4 is 69.4 Å². The standard InChI is InChI=1S/C24H24N6O5.C17H19N7O3/c1-29(13-14-3-7-16(34-2)8-4-14)18-11-20(27-17-9-10-35-21(17)24(32)33)28-30-19(12-25-22(18)30)23(31)26-15-5-6-15;1-18-11-7-13(22-10-5-6-27-14(10)17(26)19-2)23-24-12(8-20-15(11)24)16(25)21-9-3-4-9/h3-4,7-12,15H,5-6,13H2,1-2H3,(H,26,31)(H,27,28)(H,32,33);5-9,18H,3-4H2,1-2H3,(H,19,26)(H,21,25)(H,22,23). The molecule has 2 aliphatic rings. The van der Waals surface area contributed by atoms with E-state index in [4.69, 9.17) is 13.6 Å². The minimum atomic E-state index is -1.21. The number of amides is 3. The molecule has 0 saturated heterocycles. The second kappa shape index (κ2) is 17.2. The first-order chi connectivity index (χ1) is 30.0. The van der Waals surface area contributed by atoms with Gasteiger partial charge < -0.3 is 55.5 Å². The van der Waals surface area contributed by atoms with Crippen LogP contribution in [0.5, 0.6) is 5.75 Å². The maximum absolute atomic E-state index is 12.8. The number of hydrogen-bond acceptors (Lipinski definition) is 15. The molecule has 6 heterocycles. The molecule has 3 amide bonds. The molecule has 0 aliphatic heterocycles. The number of carbonyl (C=O) groups excluding carboxylic acids is 3. The van der Waals surface area contributed by atoms with Crippen molar-refractivity contribution in [2.24, 2.45) is 0 Å². The number of benzene rings is 1. The van der Waals surface area contributed by atoms with E-state index in [2.05, 4.69) is 52.1 Å². The number of imidazole rings is 2. The largest absolute Gasteiger partial charge is 0.497 e. The number of furan rings is 2. The fourth-order valence-corrected chi connectivity index (χ4v) is 6.43. The molecule has 9 rings (SSSR count). The van der Waals surface area contributed by atoms with Gasteiger partial charge in [0.15, 0.2) is 34.3 Å². The fraction of sp³-hybridized carbons (Fsp3) is 0.268. The van der Waals surface area contributed by atoms with E-state index >= 15 is 0 Å². The number of aromatic carboxylic acids is 1. The summed E-state index contributed by atoms with van der Waals surface area (Å²) in [5.74, 6) is -0.613. The number of nitrogens with one attached hydrogen (secondary N) is 6. The van der Waals surface area contributed by atoms with Crippen molar-refractivity contribution < 1.29 is 37.9 Å². The second-order valence-corrected chi connectivity index (χ2v) is 14.5. The quantitative estimate of drug-likeness (QED) is 0.0740. The first kappa shape index (κ1) is 40.7. The molecule has 1 aromatic carbocycles. The zero-order valence-corrected chi connectivity index (χ0v) is 34.1. The highest BCUT2D eigenvalue weighted by Crippen LogP contribution is 2.30. The molecule has 7 N–H and O–H groups in total. The van der Waals surface area contributed by atoms with Gasteiger partial charge in [0, 0.05) is 64.0 Å². The number of methoxy groups -OCH3 is 1. The Morgan fingerprint density at radius 1 is 0.758 bits per heavy atom. The molecule has 2 aliphatic carbocycles. The van der Waals surface area contributed by atoms with Crippen LogP contribution in [0.25, 0.3) is 11.3 Å². The molecule has 21 heteroatoms. The third kappa shape index (κ3) is 8.76. The van der Waals surface area contributed by atoms with Crippen molar-refractivity contribution in [2.75, 3.05) is 49.1 Å². The van der Waals surface area contributed by atoms with Gasteiger partial charge in [0.05, 0.1) is 54.8 Å². The van der Waals surface area contributed by atoms with Crippen LogP contribution < -0.4 is 41.5 Å². The lowest BCUT2D eigenvalue weighted by atomic mass is 10.2. The van der Waals surface area contributed by atoms with E-state index in [1.54, 1.807) is 32.4 Å². The summed E-state index contributed by atoms with van der Waals surface area (Å²) in [4.78, 5) is 59.4. The van der Waals surface area contributed by atoms with Gasteiger partial charge in [-0.2, -0.15) is 0 Å². The van der Waals surface area contributed by atoms with Gasteiger partial charge in [-0.1, -0.05) is 12.1 Å². The van der Waals surface area contributed by atoms with E-state index in [9.17, 15) is 24.3 Å². The number of rotatable bonds is 15. The van der Waals surface area contributed by atoms with Crippen LogP contribution in [0.2, 0.25) is 0 Å². The molecule has 2 fully saturated rings. The van der Waals surface area contributed by atoms with Crippen molar-refractivity contribution in [1.82, 2.24) is 45.1 Å². The van der Waals surface area contributed by atoms with Crippen molar-refractivity contribution in [2.45, 2.75) is 44.3 Å². The number of aromatic nitrogens is 6. The predicted octanol–water partition coefficient (Wildman–Crippen LogP) is 4.66. The Morgan fingerprint density at radius 3 is 1.85 bits per heavy atom. The summed E-state index contributed by atoms with van der Waals surface area (Å²) in [7, 11) is 6.80. The van der Waals surface area contributed by atoms with E-state index < -0.39 is 5.97 Å².